The van der Waals surface area contributed by atoms with Crippen molar-refractivity contribution in [2.24, 2.45) is 11.8 Å². The van der Waals surface area contributed by atoms with Gasteiger partial charge in [0.05, 0.1) is 0 Å². The molecule has 2 heterocycles. The number of nitrogens with zero attached hydrogens (tertiary/aromatic N) is 3. The van der Waals surface area contributed by atoms with Crippen LogP contribution in [0.1, 0.15) is 45.4 Å². The van der Waals surface area contributed by atoms with Gasteiger partial charge in [0.1, 0.15) is 0 Å². The molecule has 2 unspecified atom stereocenters. The van der Waals surface area contributed by atoms with Crippen molar-refractivity contribution in [3.05, 3.63) is 17.5 Å². The molecule has 20 heavy (non-hydrogen) atoms. The summed E-state index contributed by atoms with van der Waals surface area (Å²) in [5.74, 6) is 2.35. The van der Waals surface area contributed by atoms with Crippen molar-refractivity contribution in [1.82, 2.24) is 15.3 Å². The summed E-state index contributed by atoms with van der Waals surface area (Å²) >= 11 is 0. The Hall–Kier alpha value is -1.16. The highest BCUT2D eigenvalue weighted by atomic mass is 15.3. The second kappa shape index (κ2) is 6.53. The predicted molar refractivity (Wildman–Crippen MR) is 83.9 cm³/mol. The lowest BCUT2D eigenvalue weighted by molar-refractivity contribution is 0.353. The van der Waals surface area contributed by atoms with Crippen molar-refractivity contribution >= 4 is 5.95 Å². The second-order valence-corrected chi connectivity index (χ2v) is 6.67. The molecule has 0 amide bonds. The average molecular weight is 276 g/mol. The number of anilines is 1. The minimum atomic E-state index is 0.484. The summed E-state index contributed by atoms with van der Waals surface area (Å²) in [5.41, 5.74) is 2.29. The fourth-order valence-corrected chi connectivity index (χ4v) is 2.95. The van der Waals surface area contributed by atoms with Crippen LogP contribution in [-0.2, 0) is 6.54 Å². The molecule has 0 saturated carbocycles. The Morgan fingerprint density at radius 3 is 2.50 bits per heavy atom. The zero-order valence-electron chi connectivity index (χ0n) is 13.5. The van der Waals surface area contributed by atoms with E-state index in [1.54, 1.807) is 0 Å². The van der Waals surface area contributed by atoms with Gasteiger partial charge in [0.25, 0.3) is 0 Å². The lowest BCUT2D eigenvalue weighted by Crippen LogP contribution is -2.39. The van der Waals surface area contributed by atoms with Crippen LogP contribution in [-0.4, -0.2) is 29.1 Å². The van der Waals surface area contributed by atoms with E-state index in [4.69, 9.17) is 4.98 Å². The van der Waals surface area contributed by atoms with Crippen molar-refractivity contribution in [2.75, 3.05) is 18.0 Å². The number of hydrogen-bond acceptors (Lipinski definition) is 4. The number of rotatable bonds is 4. The molecule has 1 saturated heterocycles. The van der Waals surface area contributed by atoms with E-state index in [2.05, 4.69) is 49.8 Å². The van der Waals surface area contributed by atoms with Crippen LogP contribution in [0, 0.1) is 18.8 Å². The van der Waals surface area contributed by atoms with Gasteiger partial charge in [-0.05, 0) is 25.2 Å². The molecule has 4 heteroatoms. The minimum absolute atomic E-state index is 0.484. The number of piperidine rings is 1. The van der Waals surface area contributed by atoms with E-state index in [0.717, 1.165) is 43.1 Å². The molecule has 4 nitrogen and oxygen atoms in total. The SMILES string of the molecule is Cc1nc(N2CC(C)CC(C)C2)ncc1CNC(C)C. The zero-order chi connectivity index (χ0) is 14.7. The summed E-state index contributed by atoms with van der Waals surface area (Å²) < 4.78 is 0. The van der Waals surface area contributed by atoms with E-state index in [1.807, 2.05) is 6.20 Å². The molecule has 1 N–H and O–H groups in total. The lowest BCUT2D eigenvalue weighted by atomic mass is 9.92. The van der Waals surface area contributed by atoms with Gasteiger partial charge in [0, 0.05) is 43.1 Å². The van der Waals surface area contributed by atoms with Gasteiger partial charge in [-0.1, -0.05) is 27.7 Å². The average Bonchev–Trinajstić information content (AvgIpc) is 2.35. The van der Waals surface area contributed by atoms with E-state index in [9.17, 15) is 0 Å². The smallest absolute Gasteiger partial charge is 0.225 e. The van der Waals surface area contributed by atoms with Gasteiger partial charge in [0.15, 0.2) is 0 Å². The first-order valence-corrected chi connectivity index (χ1v) is 7.76. The third-order valence-corrected chi connectivity index (χ3v) is 3.92. The fourth-order valence-electron chi connectivity index (χ4n) is 2.95. The lowest BCUT2D eigenvalue weighted by Gasteiger charge is -2.35. The predicted octanol–water partition coefficient (Wildman–Crippen LogP) is 2.77. The minimum Gasteiger partial charge on any atom is -0.340 e. The van der Waals surface area contributed by atoms with Gasteiger partial charge in [-0.3, -0.25) is 0 Å². The standard InChI is InChI=1S/C16H28N4/c1-11(2)17-7-15-8-18-16(19-14(15)5)20-9-12(3)6-13(4)10-20/h8,11-13,17H,6-7,9-10H2,1-5H3. The first kappa shape index (κ1) is 15.2. The Labute approximate surface area is 123 Å². The zero-order valence-corrected chi connectivity index (χ0v) is 13.5. The maximum atomic E-state index is 4.72. The Bertz CT molecular complexity index is 434. The molecule has 0 spiro atoms. The number of aryl methyl sites for hydroxylation is 1. The van der Waals surface area contributed by atoms with Crippen molar-refractivity contribution in [3.63, 3.8) is 0 Å². The van der Waals surface area contributed by atoms with Crippen LogP contribution in [0.15, 0.2) is 6.20 Å². The number of hydrogen-bond donors (Lipinski definition) is 1. The van der Waals surface area contributed by atoms with Gasteiger partial charge in [-0.25, -0.2) is 9.97 Å². The third-order valence-electron chi connectivity index (χ3n) is 3.92. The summed E-state index contributed by atoms with van der Waals surface area (Å²) in [5, 5.41) is 3.42. The van der Waals surface area contributed by atoms with Crippen LogP contribution in [0.4, 0.5) is 5.95 Å². The van der Waals surface area contributed by atoms with Gasteiger partial charge < -0.3 is 10.2 Å². The molecule has 1 aliphatic heterocycles. The monoisotopic (exact) mass is 276 g/mol. The first-order chi connectivity index (χ1) is 9.45. The van der Waals surface area contributed by atoms with E-state index in [1.165, 1.54) is 12.0 Å². The van der Waals surface area contributed by atoms with E-state index < -0.39 is 0 Å². The number of nitrogens with one attached hydrogen (secondary N) is 1. The van der Waals surface area contributed by atoms with Crippen molar-refractivity contribution in [3.8, 4) is 0 Å². The van der Waals surface area contributed by atoms with Crippen molar-refractivity contribution in [1.29, 1.82) is 0 Å². The van der Waals surface area contributed by atoms with Gasteiger partial charge in [-0.2, -0.15) is 0 Å². The Kier molecular flexibility index (Phi) is 4.97. The summed E-state index contributed by atoms with van der Waals surface area (Å²) in [4.78, 5) is 11.6. The molecule has 0 aromatic carbocycles. The van der Waals surface area contributed by atoms with Crippen LogP contribution in [0.5, 0.6) is 0 Å². The molecule has 112 valence electrons. The fraction of sp³-hybridized carbons (Fsp3) is 0.750. The van der Waals surface area contributed by atoms with Crippen molar-refractivity contribution in [2.45, 2.75) is 53.6 Å². The first-order valence-electron chi connectivity index (χ1n) is 7.76. The molecule has 1 fully saturated rings. The molecule has 1 aromatic rings. The maximum Gasteiger partial charge on any atom is 0.225 e. The Morgan fingerprint density at radius 2 is 1.95 bits per heavy atom. The highest BCUT2D eigenvalue weighted by Gasteiger charge is 2.23. The molecule has 2 rings (SSSR count). The van der Waals surface area contributed by atoms with Gasteiger partial charge in [-0.15, -0.1) is 0 Å². The van der Waals surface area contributed by atoms with Gasteiger partial charge in [0.2, 0.25) is 5.95 Å². The van der Waals surface area contributed by atoms with Crippen LogP contribution in [0.2, 0.25) is 0 Å². The number of aromatic nitrogens is 2. The Morgan fingerprint density at radius 1 is 1.30 bits per heavy atom. The summed E-state index contributed by atoms with van der Waals surface area (Å²) in [7, 11) is 0. The van der Waals surface area contributed by atoms with Crippen molar-refractivity contribution < 1.29 is 0 Å². The molecule has 0 radical (unpaired) electrons. The molecular formula is C16H28N4. The summed E-state index contributed by atoms with van der Waals surface area (Å²) in [6.07, 6.45) is 3.29. The molecule has 0 bridgehead atoms. The summed E-state index contributed by atoms with van der Waals surface area (Å²) in [6.45, 7) is 14.0. The highest BCUT2D eigenvalue weighted by Crippen LogP contribution is 2.24. The molecule has 0 aliphatic carbocycles. The van der Waals surface area contributed by atoms with Crippen LogP contribution < -0.4 is 10.2 Å². The molecular weight excluding hydrogens is 248 g/mol. The van der Waals surface area contributed by atoms with E-state index in [0.29, 0.717) is 6.04 Å². The summed E-state index contributed by atoms with van der Waals surface area (Å²) in [6, 6.07) is 0.484. The Balaban J connectivity index is 2.08. The molecule has 1 aliphatic rings. The molecule has 2 atom stereocenters. The van der Waals surface area contributed by atoms with Crippen LogP contribution in [0.3, 0.4) is 0 Å². The maximum absolute atomic E-state index is 4.72. The van der Waals surface area contributed by atoms with E-state index >= 15 is 0 Å². The largest absolute Gasteiger partial charge is 0.340 e. The molecule has 1 aromatic heterocycles. The quantitative estimate of drug-likeness (QED) is 0.918. The van der Waals surface area contributed by atoms with Crippen LogP contribution >= 0.6 is 0 Å². The van der Waals surface area contributed by atoms with Crippen LogP contribution in [0.25, 0.3) is 0 Å². The highest BCUT2D eigenvalue weighted by molar-refractivity contribution is 5.33. The normalized spacial score (nSPS) is 23.4. The topological polar surface area (TPSA) is 41.1 Å². The third kappa shape index (κ3) is 3.92. The second-order valence-electron chi connectivity index (χ2n) is 6.67. The van der Waals surface area contributed by atoms with E-state index in [-0.39, 0.29) is 0 Å². The van der Waals surface area contributed by atoms with Gasteiger partial charge >= 0.3 is 0 Å².